The highest BCUT2D eigenvalue weighted by atomic mass is 32.2. The molecule has 0 aliphatic carbocycles. The van der Waals surface area contributed by atoms with Crippen LogP contribution in [0.25, 0.3) is 0 Å². The van der Waals surface area contributed by atoms with Gasteiger partial charge >= 0.3 is 0 Å². The zero-order chi connectivity index (χ0) is 19.3. The van der Waals surface area contributed by atoms with Crippen molar-refractivity contribution in [2.24, 2.45) is 0 Å². The van der Waals surface area contributed by atoms with Gasteiger partial charge in [0.25, 0.3) is 0 Å². The highest BCUT2D eigenvalue weighted by Crippen LogP contribution is 2.19. The van der Waals surface area contributed by atoms with Crippen molar-refractivity contribution >= 4 is 9.84 Å². The fourth-order valence-electron chi connectivity index (χ4n) is 3.44. The SMILES string of the molecule is CCN(Cc1cnc(S(=O)(=O)CC)n1Cc1ccccc1)CC1CCCO1. The average Bonchev–Trinajstić information content (AvgIpc) is 3.33. The smallest absolute Gasteiger partial charge is 0.228 e. The van der Waals surface area contributed by atoms with E-state index in [-0.39, 0.29) is 17.0 Å². The molecule has 0 N–H and O–H groups in total. The molecule has 6 nitrogen and oxygen atoms in total. The minimum atomic E-state index is -3.38. The molecule has 1 aliphatic heterocycles. The van der Waals surface area contributed by atoms with Gasteiger partial charge in [0.2, 0.25) is 15.0 Å². The molecule has 0 bridgehead atoms. The second-order valence-corrected chi connectivity index (χ2v) is 9.14. The largest absolute Gasteiger partial charge is 0.377 e. The first-order valence-electron chi connectivity index (χ1n) is 9.68. The predicted molar refractivity (Wildman–Crippen MR) is 105 cm³/mol. The van der Waals surface area contributed by atoms with Crippen molar-refractivity contribution in [3.63, 3.8) is 0 Å². The molecule has 3 rings (SSSR count). The molecule has 1 aromatic carbocycles. The Bertz CT molecular complexity index is 827. The Hall–Kier alpha value is -1.70. The quantitative estimate of drug-likeness (QED) is 0.658. The number of nitrogens with zero attached hydrogens (tertiary/aromatic N) is 3. The van der Waals surface area contributed by atoms with Crippen molar-refractivity contribution in [3.05, 3.63) is 47.8 Å². The summed E-state index contributed by atoms with van der Waals surface area (Å²) in [5, 5.41) is 0.164. The highest BCUT2D eigenvalue weighted by Gasteiger charge is 2.24. The van der Waals surface area contributed by atoms with E-state index in [1.54, 1.807) is 13.1 Å². The normalized spacial score (nSPS) is 17.7. The van der Waals surface area contributed by atoms with Crippen molar-refractivity contribution in [3.8, 4) is 0 Å². The van der Waals surface area contributed by atoms with Gasteiger partial charge in [0.15, 0.2) is 0 Å². The molecule has 0 radical (unpaired) electrons. The van der Waals surface area contributed by atoms with Crippen LogP contribution in [0.15, 0.2) is 41.7 Å². The maximum atomic E-state index is 12.5. The van der Waals surface area contributed by atoms with Gasteiger partial charge in [-0.05, 0) is 24.9 Å². The van der Waals surface area contributed by atoms with Gasteiger partial charge < -0.3 is 9.30 Å². The summed E-state index contributed by atoms with van der Waals surface area (Å²) >= 11 is 0. The third kappa shape index (κ3) is 4.97. The maximum Gasteiger partial charge on any atom is 0.228 e. The topological polar surface area (TPSA) is 64.4 Å². The monoisotopic (exact) mass is 391 g/mol. The Morgan fingerprint density at radius 2 is 2.04 bits per heavy atom. The van der Waals surface area contributed by atoms with Gasteiger partial charge in [0, 0.05) is 19.7 Å². The van der Waals surface area contributed by atoms with Gasteiger partial charge in [-0.15, -0.1) is 0 Å². The number of hydrogen-bond acceptors (Lipinski definition) is 5. The predicted octanol–water partition coefficient (Wildman–Crippen LogP) is 2.73. The summed E-state index contributed by atoms with van der Waals surface area (Å²) < 4.78 is 32.7. The molecular formula is C20H29N3O3S. The van der Waals surface area contributed by atoms with E-state index in [0.717, 1.165) is 43.8 Å². The molecule has 0 spiro atoms. The van der Waals surface area contributed by atoms with Gasteiger partial charge in [-0.3, -0.25) is 4.90 Å². The molecule has 2 heterocycles. The fourth-order valence-corrected chi connectivity index (χ4v) is 4.43. The molecule has 1 fully saturated rings. The lowest BCUT2D eigenvalue weighted by atomic mass is 10.2. The Morgan fingerprint density at radius 3 is 2.67 bits per heavy atom. The first-order chi connectivity index (χ1) is 13.0. The second kappa shape index (κ2) is 8.99. The van der Waals surface area contributed by atoms with Crippen LogP contribution in [-0.4, -0.2) is 54.4 Å². The Kier molecular flexibility index (Phi) is 6.68. The number of aromatic nitrogens is 2. The zero-order valence-corrected chi connectivity index (χ0v) is 17.0. The average molecular weight is 392 g/mol. The lowest BCUT2D eigenvalue weighted by Crippen LogP contribution is -2.32. The summed E-state index contributed by atoms with van der Waals surface area (Å²) in [4.78, 5) is 6.59. The molecule has 2 aromatic rings. The van der Waals surface area contributed by atoms with Crippen molar-refractivity contribution < 1.29 is 13.2 Å². The third-order valence-corrected chi connectivity index (χ3v) is 6.70. The van der Waals surface area contributed by atoms with Crippen molar-refractivity contribution in [1.82, 2.24) is 14.5 Å². The van der Waals surface area contributed by atoms with E-state index in [1.165, 1.54) is 0 Å². The number of sulfone groups is 1. The third-order valence-electron chi connectivity index (χ3n) is 5.06. The number of imidazole rings is 1. The van der Waals surface area contributed by atoms with Crippen LogP contribution < -0.4 is 0 Å². The molecule has 1 aliphatic rings. The van der Waals surface area contributed by atoms with Crippen molar-refractivity contribution in [2.45, 2.75) is 51.0 Å². The van der Waals surface area contributed by atoms with Gasteiger partial charge in [0.05, 0.1) is 30.3 Å². The molecule has 1 aromatic heterocycles. The molecule has 148 valence electrons. The first-order valence-corrected chi connectivity index (χ1v) is 11.3. The summed E-state index contributed by atoms with van der Waals surface area (Å²) in [7, 11) is -3.38. The Balaban J connectivity index is 1.87. The molecule has 1 atom stereocenters. The van der Waals surface area contributed by atoms with E-state index in [2.05, 4.69) is 16.8 Å². The number of rotatable bonds is 9. The Labute approximate surface area is 162 Å². The minimum Gasteiger partial charge on any atom is -0.377 e. The second-order valence-electron chi connectivity index (χ2n) is 6.97. The standard InChI is InChI=1S/C20H29N3O3S/c1-3-22(16-19-11-8-12-26-19)15-18-13-21-20(27(24,25)4-2)23(18)14-17-9-6-5-7-10-17/h5-7,9-10,13,19H,3-4,8,11-12,14-16H2,1-2H3. The summed E-state index contributed by atoms with van der Waals surface area (Å²) in [6, 6.07) is 9.92. The lowest BCUT2D eigenvalue weighted by molar-refractivity contribution is 0.0717. The first kappa shape index (κ1) is 20.0. The fraction of sp³-hybridized carbons (Fsp3) is 0.550. The van der Waals surface area contributed by atoms with Crippen LogP contribution in [0.3, 0.4) is 0 Å². The number of likely N-dealkylation sites (N-methyl/N-ethyl adjacent to an activating group) is 1. The van der Waals surface area contributed by atoms with Gasteiger partial charge in [-0.25, -0.2) is 13.4 Å². The molecule has 0 saturated carbocycles. The summed E-state index contributed by atoms with van der Waals surface area (Å²) in [6.45, 7) is 7.53. The minimum absolute atomic E-state index is 0.0473. The van der Waals surface area contributed by atoms with Crippen LogP contribution in [0.5, 0.6) is 0 Å². The van der Waals surface area contributed by atoms with Gasteiger partial charge in [-0.2, -0.15) is 0 Å². The lowest BCUT2D eigenvalue weighted by Gasteiger charge is -2.24. The molecule has 1 unspecified atom stereocenters. The highest BCUT2D eigenvalue weighted by molar-refractivity contribution is 7.91. The van der Waals surface area contributed by atoms with Crippen LogP contribution in [0.2, 0.25) is 0 Å². The van der Waals surface area contributed by atoms with E-state index in [0.29, 0.717) is 13.1 Å². The number of ether oxygens (including phenoxy) is 1. The summed E-state index contributed by atoms with van der Waals surface area (Å²) in [5.74, 6) is 0.0473. The Morgan fingerprint density at radius 1 is 1.26 bits per heavy atom. The maximum absolute atomic E-state index is 12.5. The van der Waals surface area contributed by atoms with Crippen LogP contribution in [0.1, 0.15) is 37.9 Å². The summed E-state index contributed by atoms with van der Waals surface area (Å²) in [5.41, 5.74) is 1.98. The van der Waals surface area contributed by atoms with Crippen LogP contribution in [0, 0.1) is 0 Å². The molecule has 0 amide bonds. The van der Waals surface area contributed by atoms with Crippen LogP contribution in [0.4, 0.5) is 0 Å². The van der Waals surface area contributed by atoms with Crippen LogP contribution >= 0.6 is 0 Å². The zero-order valence-electron chi connectivity index (χ0n) is 16.2. The van der Waals surface area contributed by atoms with E-state index >= 15 is 0 Å². The summed E-state index contributed by atoms with van der Waals surface area (Å²) in [6.07, 6.45) is 4.20. The molecular weight excluding hydrogens is 362 g/mol. The van der Waals surface area contributed by atoms with Crippen LogP contribution in [-0.2, 0) is 27.7 Å². The van der Waals surface area contributed by atoms with E-state index in [4.69, 9.17) is 4.74 Å². The number of benzene rings is 1. The van der Waals surface area contributed by atoms with E-state index in [1.807, 2.05) is 34.9 Å². The van der Waals surface area contributed by atoms with Gasteiger partial charge in [-0.1, -0.05) is 44.2 Å². The molecule has 7 heteroatoms. The van der Waals surface area contributed by atoms with E-state index < -0.39 is 9.84 Å². The molecule has 1 saturated heterocycles. The van der Waals surface area contributed by atoms with Crippen molar-refractivity contribution in [1.29, 1.82) is 0 Å². The number of hydrogen-bond donors (Lipinski definition) is 0. The molecule has 27 heavy (non-hydrogen) atoms. The van der Waals surface area contributed by atoms with Gasteiger partial charge in [0.1, 0.15) is 0 Å². The van der Waals surface area contributed by atoms with E-state index in [9.17, 15) is 8.42 Å². The van der Waals surface area contributed by atoms with Crippen molar-refractivity contribution in [2.75, 3.05) is 25.4 Å².